The largest absolute Gasteiger partial charge is 0.375 e. The van der Waals surface area contributed by atoms with Crippen molar-refractivity contribution in [1.82, 2.24) is 19.9 Å². The molecule has 4 rings (SSSR count). The molecular formula is C18H20N4O2. The van der Waals surface area contributed by atoms with E-state index >= 15 is 0 Å². The van der Waals surface area contributed by atoms with Crippen LogP contribution in [0.25, 0.3) is 11.4 Å². The van der Waals surface area contributed by atoms with Crippen LogP contribution in [-0.2, 0) is 4.74 Å². The quantitative estimate of drug-likeness (QED) is 0.848. The van der Waals surface area contributed by atoms with Gasteiger partial charge in [0.25, 0.3) is 5.91 Å². The van der Waals surface area contributed by atoms with E-state index in [1.807, 2.05) is 17.0 Å². The van der Waals surface area contributed by atoms with Gasteiger partial charge in [-0.15, -0.1) is 0 Å². The Labute approximate surface area is 140 Å². The van der Waals surface area contributed by atoms with Crippen molar-refractivity contribution in [1.29, 1.82) is 0 Å². The molecule has 2 aliphatic heterocycles. The Morgan fingerprint density at radius 1 is 1.08 bits per heavy atom. The van der Waals surface area contributed by atoms with E-state index in [-0.39, 0.29) is 11.5 Å². The van der Waals surface area contributed by atoms with Crippen LogP contribution in [0.3, 0.4) is 0 Å². The van der Waals surface area contributed by atoms with Crippen LogP contribution >= 0.6 is 0 Å². The van der Waals surface area contributed by atoms with Crippen molar-refractivity contribution in [3.05, 3.63) is 42.5 Å². The first-order chi connectivity index (χ1) is 11.8. The molecule has 2 fully saturated rings. The molecule has 0 atom stereocenters. The lowest BCUT2D eigenvalue weighted by atomic mass is 9.88. The molecule has 4 heterocycles. The lowest BCUT2D eigenvalue weighted by Crippen LogP contribution is -2.46. The zero-order chi connectivity index (χ0) is 16.4. The first-order valence-corrected chi connectivity index (χ1v) is 8.42. The van der Waals surface area contributed by atoms with E-state index in [1.165, 1.54) is 0 Å². The summed E-state index contributed by atoms with van der Waals surface area (Å²) in [6, 6.07) is 3.70. The Morgan fingerprint density at radius 2 is 1.79 bits per heavy atom. The maximum atomic E-state index is 12.6. The molecular weight excluding hydrogens is 304 g/mol. The van der Waals surface area contributed by atoms with E-state index in [4.69, 9.17) is 4.74 Å². The first kappa shape index (κ1) is 15.2. The minimum Gasteiger partial charge on any atom is -0.375 e. The Bertz CT molecular complexity index is 702. The average Bonchev–Trinajstić information content (AvgIpc) is 3.11. The molecule has 0 N–H and O–H groups in total. The average molecular weight is 324 g/mol. The summed E-state index contributed by atoms with van der Waals surface area (Å²) < 4.78 is 5.91. The van der Waals surface area contributed by atoms with Crippen LogP contribution in [0.4, 0.5) is 0 Å². The topological polar surface area (TPSA) is 68.2 Å². The number of carbonyl (C=O) groups excluding carboxylic acids is 1. The molecule has 0 unspecified atom stereocenters. The Balaban J connectivity index is 1.43. The Hall–Kier alpha value is -2.34. The number of amides is 1. The number of piperidine rings is 1. The molecule has 24 heavy (non-hydrogen) atoms. The van der Waals surface area contributed by atoms with Crippen LogP contribution in [0.5, 0.6) is 0 Å². The van der Waals surface area contributed by atoms with Crippen molar-refractivity contribution < 1.29 is 9.53 Å². The number of pyridine rings is 1. The van der Waals surface area contributed by atoms with Gasteiger partial charge >= 0.3 is 0 Å². The van der Waals surface area contributed by atoms with Gasteiger partial charge in [-0.2, -0.15) is 0 Å². The molecule has 6 heteroatoms. The maximum Gasteiger partial charge on any atom is 0.256 e. The number of hydrogen-bond acceptors (Lipinski definition) is 5. The summed E-state index contributed by atoms with van der Waals surface area (Å²) in [5, 5.41) is 0. The molecule has 1 amide bonds. The minimum atomic E-state index is 0.00382. The number of hydrogen-bond donors (Lipinski definition) is 0. The smallest absolute Gasteiger partial charge is 0.256 e. The monoisotopic (exact) mass is 324 g/mol. The van der Waals surface area contributed by atoms with Crippen LogP contribution in [0.1, 0.15) is 36.0 Å². The summed E-state index contributed by atoms with van der Waals surface area (Å²) in [5.74, 6) is 0.607. The van der Waals surface area contributed by atoms with Crippen LogP contribution in [-0.4, -0.2) is 51.1 Å². The normalized spacial score (nSPS) is 19.6. The summed E-state index contributed by atoms with van der Waals surface area (Å²) in [6.45, 7) is 2.34. The van der Waals surface area contributed by atoms with Crippen molar-refractivity contribution in [2.45, 2.75) is 31.3 Å². The fourth-order valence-corrected chi connectivity index (χ4v) is 3.54. The third-order valence-electron chi connectivity index (χ3n) is 4.98. The molecule has 2 aliphatic rings. The number of rotatable bonds is 2. The van der Waals surface area contributed by atoms with Gasteiger partial charge in [-0.1, -0.05) is 0 Å². The van der Waals surface area contributed by atoms with Gasteiger partial charge in [-0.25, -0.2) is 9.97 Å². The summed E-state index contributed by atoms with van der Waals surface area (Å²) >= 11 is 0. The summed E-state index contributed by atoms with van der Waals surface area (Å²) in [4.78, 5) is 27.2. The van der Waals surface area contributed by atoms with Gasteiger partial charge in [0.1, 0.15) is 0 Å². The maximum absolute atomic E-state index is 12.6. The SMILES string of the molecule is O=C(c1cnc(-c2ccncc2)nc1)N1CCC2(CCCO2)CC1. The number of aromatic nitrogens is 3. The molecule has 2 aromatic heterocycles. The highest BCUT2D eigenvalue weighted by atomic mass is 16.5. The second kappa shape index (κ2) is 6.28. The molecule has 2 saturated heterocycles. The highest BCUT2D eigenvalue weighted by Gasteiger charge is 2.39. The van der Waals surface area contributed by atoms with Crippen LogP contribution in [0.2, 0.25) is 0 Å². The molecule has 6 nitrogen and oxygen atoms in total. The highest BCUT2D eigenvalue weighted by molar-refractivity contribution is 5.93. The summed E-state index contributed by atoms with van der Waals surface area (Å²) in [5.41, 5.74) is 1.46. The van der Waals surface area contributed by atoms with E-state index in [1.54, 1.807) is 24.8 Å². The van der Waals surface area contributed by atoms with Gasteiger partial charge < -0.3 is 9.64 Å². The van der Waals surface area contributed by atoms with Gasteiger partial charge in [0, 0.05) is 50.0 Å². The minimum absolute atomic E-state index is 0.00382. The Morgan fingerprint density at radius 3 is 2.42 bits per heavy atom. The third-order valence-corrected chi connectivity index (χ3v) is 4.98. The second-order valence-electron chi connectivity index (χ2n) is 6.46. The van der Waals surface area contributed by atoms with Gasteiger partial charge in [-0.05, 0) is 37.8 Å². The fraction of sp³-hybridized carbons (Fsp3) is 0.444. The fourth-order valence-electron chi connectivity index (χ4n) is 3.54. The van der Waals surface area contributed by atoms with Crippen LogP contribution in [0, 0.1) is 0 Å². The van der Waals surface area contributed by atoms with Gasteiger partial charge in [-0.3, -0.25) is 9.78 Å². The van der Waals surface area contributed by atoms with Gasteiger partial charge in [0.2, 0.25) is 0 Å². The van der Waals surface area contributed by atoms with E-state index in [0.29, 0.717) is 11.4 Å². The summed E-state index contributed by atoms with van der Waals surface area (Å²) in [7, 11) is 0. The van der Waals surface area contributed by atoms with E-state index < -0.39 is 0 Å². The number of ether oxygens (including phenoxy) is 1. The molecule has 124 valence electrons. The lowest BCUT2D eigenvalue weighted by Gasteiger charge is -2.38. The van der Waals surface area contributed by atoms with Crippen LogP contribution < -0.4 is 0 Å². The summed E-state index contributed by atoms with van der Waals surface area (Å²) in [6.07, 6.45) is 10.7. The molecule has 1 spiro atoms. The molecule has 0 bridgehead atoms. The molecule has 0 radical (unpaired) electrons. The van der Waals surface area contributed by atoms with Gasteiger partial charge in [0.05, 0.1) is 11.2 Å². The Kier molecular flexibility index (Phi) is 3.98. The van der Waals surface area contributed by atoms with Crippen LogP contribution in [0.15, 0.2) is 36.9 Å². The number of nitrogens with zero attached hydrogens (tertiary/aromatic N) is 4. The standard InChI is InChI=1S/C18H20N4O2/c23-17(22-9-5-18(6-10-22)4-1-11-24-18)15-12-20-16(21-13-15)14-2-7-19-8-3-14/h2-3,7-8,12-13H,1,4-6,9-11H2. The lowest BCUT2D eigenvalue weighted by molar-refractivity contribution is -0.0387. The van der Waals surface area contributed by atoms with Crippen molar-refractivity contribution in [2.75, 3.05) is 19.7 Å². The van der Waals surface area contributed by atoms with Crippen molar-refractivity contribution in [2.24, 2.45) is 0 Å². The van der Waals surface area contributed by atoms with Crippen molar-refractivity contribution in [3.63, 3.8) is 0 Å². The molecule has 0 aromatic carbocycles. The highest BCUT2D eigenvalue weighted by Crippen LogP contribution is 2.35. The van der Waals surface area contributed by atoms with E-state index in [0.717, 1.165) is 50.9 Å². The van der Waals surface area contributed by atoms with Crippen molar-refractivity contribution in [3.8, 4) is 11.4 Å². The number of likely N-dealkylation sites (tertiary alicyclic amines) is 1. The first-order valence-electron chi connectivity index (χ1n) is 8.42. The second-order valence-corrected chi connectivity index (χ2v) is 6.46. The zero-order valence-corrected chi connectivity index (χ0v) is 13.5. The zero-order valence-electron chi connectivity index (χ0n) is 13.5. The molecule has 0 saturated carbocycles. The third kappa shape index (κ3) is 2.89. The van der Waals surface area contributed by atoms with Crippen molar-refractivity contribution >= 4 is 5.91 Å². The predicted molar refractivity (Wildman–Crippen MR) is 88.3 cm³/mol. The number of carbonyl (C=O) groups is 1. The van der Waals surface area contributed by atoms with Gasteiger partial charge in [0.15, 0.2) is 5.82 Å². The van der Waals surface area contributed by atoms with E-state index in [9.17, 15) is 4.79 Å². The molecule has 2 aromatic rings. The predicted octanol–water partition coefficient (Wildman–Crippen LogP) is 2.32. The van der Waals surface area contributed by atoms with E-state index in [2.05, 4.69) is 15.0 Å². The molecule has 0 aliphatic carbocycles.